The molecule has 0 bridgehead atoms. The molecule has 142 valence electrons. The van der Waals surface area contributed by atoms with E-state index in [9.17, 15) is 14.4 Å². The van der Waals surface area contributed by atoms with Crippen LogP contribution in [0.15, 0.2) is 16.7 Å². The first kappa shape index (κ1) is 18.9. The minimum atomic E-state index is -0.487. The number of aromatic nitrogens is 1. The maximum Gasteiger partial charge on any atom is 0.312 e. The molecule has 0 spiro atoms. The number of halogens is 1. The topological polar surface area (TPSA) is 75.1 Å². The molecule has 9 heteroatoms. The summed E-state index contributed by atoms with van der Waals surface area (Å²) in [6, 6.07) is 1.81. The maximum absolute atomic E-state index is 12.7. The summed E-state index contributed by atoms with van der Waals surface area (Å²) >= 11 is 3.40. The molecule has 0 aromatic carbocycles. The standard InChI is InChI=1S/C17H23BrN4O4/c1-2-19-12-13(18)11-14(19)15(23)20-3-5-21(6-4-20)16(24)17(25)22-7-9-26-10-8-22/h11-12H,2-10H2,1H3. The van der Waals surface area contributed by atoms with E-state index in [-0.39, 0.29) is 5.91 Å². The van der Waals surface area contributed by atoms with Gasteiger partial charge in [0.15, 0.2) is 0 Å². The zero-order chi connectivity index (χ0) is 18.7. The second-order valence-corrected chi connectivity index (χ2v) is 7.23. The summed E-state index contributed by atoms with van der Waals surface area (Å²) in [5, 5.41) is 0. The van der Waals surface area contributed by atoms with Gasteiger partial charge < -0.3 is 24.0 Å². The molecule has 0 N–H and O–H groups in total. The molecule has 1 aromatic heterocycles. The van der Waals surface area contributed by atoms with Gasteiger partial charge in [0, 0.05) is 56.5 Å². The van der Waals surface area contributed by atoms with Crippen molar-refractivity contribution in [1.29, 1.82) is 0 Å². The fourth-order valence-electron chi connectivity index (χ4n) is 3.23. The van der Waals surface area contributed by atoms with Crippen LogP contribution in [0.25, 0.3) is 0 Å². The summed E-state index contributed by atoms with van der Waals surface area (Å²) in [6.45, 7) is 6.11. The normalized spacial score (nSPS) is 18.2. The Kier molecular flexibility index (Phi) is 5.98. The highest BCUT2D eigenvalue weighted by atomic mass is 79.9. The van der Waals surface area contributed by atoms with E-state index in [2.05, 4.69) is 15.9 Å². The number of aryl methyl sites for hydroxylation is 1. The van der Waals surface area contributed by atoms with Crippen LogP contribution in [0.4, 0.5) is 0 Å². The number of piperazine rings is 1. The van der Waals surface area contributed by atoms with Crippen molar-refractivity contribution in [3.8, 4) is 0 Å². The van der Waals surface area contributed by atoms with Gasteiger partial charge in [0.2, 0.25) is 0 Å². The molecular formula is C17H23BrN4O4. The lowest BCUT2D eigenvalue weighted by molar-refractivity contribution is -0.154. The average molecular weight is 427 g/mol. The van der Waals surface area contributed by atoms with Crippen molar-refractivity contribution in [1.82, 2.24) is 19.3 Å². The van der Waals surface area contributed by atoms with Crippen molar-refractivity contribution in [3.63, 3.8) is 0 Å². The molecule has 0 saturated carbocycles. The molecule has 2 fully saturated rings. The van der Waals surface area contributed by atoms with E-state index in [0.717, 1.165) is 4.47 Å². The highest BCUT2D eigenvalue weighted by Gasteiger charge is 2.32. The third kappa shape index (κ3) is 3.93. The number of ether oxygens (including phenoxy) is 1. The molecule has 26 heavy (non-hydrogen) atoms. The minimum Gasteiger partial charge on any atom is -0.378 e. The molecule has 0 radical (unpaired) electrons. The van der Waals surface area contributed by atoms with E-state index in [4.69, 9.17) is 4.74 Å². The van der Waals surface area contributed by atoms with Crippen LogP contribution in [0.3, 0.4) is 0 Å². The number of hydrogen-bond acceptors (Lipinski definition) is 4. The molecule has 1 aromatic rings. The van der Waals surface area contributed by atoms with Crippen molar-refractivity contribution in [3.05, 3.63) is 22.4 Å². The second-order valence-electron chi connectivity index (χ2n) is 6.32. The van der Waals surface area contributed by atoms with Gasteiger partial charge in [-0.05, 0) is 28.9 Å². The zero-order valence-corrected chi connectivity index (χ0v) is 16.4. The van der Waals surface area contributed by atoms with Crippen LogP contribution in [-0.4, -0.2) is 89.5 Å². The number of carbonyl (C=O) groups is 3. The average Bonchev–Trinajstić information content (AvgIpc) is 3.08. The van der Waals surface area contributed by atoms with Gasteiger partial charge in [0.1, 0.15) is 5.69 Å². The predicted octanol–water partition coefficient (Wildman–Crippen LogP) is 0.414. The van der Waals surface area contributed by atoms with Crippen LogP contribution in [0.1, 0.15) is 17.4 Å². The second kappa shape index (κ2) is 8.22. The van der Waals surface area contributed by atoms with Crippen LogP contribution >= 0.6 is 15.9 Å². The SMILES string of the molecule is CCn1cc(Br)cc1C(=O)N1CCN(C(=O)C(=O)N2CCOCC2)CC1. The molecule has 2 aliphatic heterocycles. The van der Waals surface area contributed by atoms with Crippen LogP contribution in [0, 0.1) is 0 Å². The van der Waals surface area contributed by atoms with Gasteiger partial charge in [-0.2, -0.15) is 0 Å². The van der Waals surface area contributed by atoms with Gasteiger partial charge in [-0.1, -0.05) is 0 Å². The third-order valence-corrected chi connectivity index (χ3v) is 5.19. The number of rotatable bonds is 2. The Hall–Kier alpha value is -1.87. The predicted molar refractivity (Wildman–Crippen MR) is 97.7 cm³/mol. The fourth-order valence-corrected chi connectivity index (χ4v) is 3.69. The first-order valence-corrected chi connectivity index (χ1v) is 9.61. The molecule has 3 rings (SSSR count). The van der Waals surface area contributed by atoms with Gasteiger partial charge in [0.05, 0.1) is 13.2 Å². The molecule has 3 heterocycles. The molecule has 2 saturated heterocycles. The van der Waals surface area contributed by atoms with Crippen molar-refractivity contribution >= 4 is 33.7 Å². The number of carbonyl (C=O) groups excluding carboxylic acids is 3. The Labute approximate surface area is 160 Å². The van der Waals surface area contributed by atoms with Crippen molar-refractivity contribution < 1.29 is 19.1 Å². The van der Waals surface area contributed by atoms with Crippen LogP contribution in [0.5, 0.6) is 0 Å². The molecule has 2 aliphatic rings. The van der Waals surface area contributed by atoms with Crippen LogP contribution in [-0.2, 0) is 20.9 Å². The Morgan fingerprint density at radius 1 is 0.962 bits per heavy atom. The van der Waals surface area contributed by atoms with Gasteiger partial charge >= 0.3 is 11.8 Å². The number of hydrogen-bond donors (Lipinski definition) is 0. The van der Waals surface area contributed by atoms with E-state index < -0.39 is 11.8 Å². The molecule has 8 nitrogen and oxygen atoms in total. The summed E-state index contributed by atoms with van der Waals surface area (Å²) in [6.07, 6.45) is 1.88. The minimum absolute atomic E-state index is 0.0517. The summed E-state index contributed by atoms with van der Waals surface area (Å²) in [4.78, 5) is 42.3. The largest absolute Gasteiger partial charge is 0.378 e. The van der Waals surface area contributed by atoms with Gasteiger partial charge in [-0.25, -0.2) is 0 Å². The van der Waals surface area contributed by atoms with E-state index in [0.29, 0.717) is 64.7 Å². The Morgan fingerprint density at radius 3 is 2.08 bits per heavy atom. The monoisotopic (exact) mass is 426 g/mol. The highest BCUT2D eigenvalue weighted by Crippen LogP contribution is 2.18. The molecule has 0 unspecified atom stereocenters. The highest BCUT2D eigenvalue weighted by molar-refractivity contribution is 9.10. The number of amides is 3. The third-order valence-electron chi connectivity index (χ3n) is 4.76. The fraction of sp³-hybridized carbons (Fsp3) is 0.588. The summed E-state index contributed by atoms with van der Waals surface area (Å²) in [7, 11) is 0. The molecule has 0 atom stereocenters. The lowest BCUT2D eigenvalue weighted by Crippen LogP contribution is -2.55. The zero-order valence-electron chi connectivity index (χ0n) is 14.8. The summed E-state index contributed by atoms with van der Waals surface area (Å²) < 4.78 is 7.97. The first-order valence-electron chi connectivity index (χ1n) is 8.82. The maximum atomic E-state index is 12.7. The Balaban J connectivity index is 1.57. The molecule has 3 amide bonds. The quantitative estimate of drug-likeness (QED) is 0.642. The van der Waals surface area contributed by atoms with E-state index in [1.807, 2.05) is 23.8 Å². The van der Waals surface area contributed by atoms with Crippen LogP contribution < -0.4 is 0 Å². The Bertz CT molecular complexity index is 691. The van der Waals surface area contributed by atoms with Crippen molar-refractivity contribution in [2.24, 2.45) is 0 Å². The number of morpholine rings is 1. The van der Waals surface area contributed by atoms with Gasteiger partial charge in [-0.3, -0.25) is 14.4 Å². The first-order chi connectivity index (χ1) is 12.5. The molecular weight excluding hydrogens is 404 g/mol. The lowest BCUT2D eigenvalue weighted by atomic mass is 10.2. The van der Waals surface area contributed by atoms with Crippen molar-refractivity contribution in [2.75, 3.05) is 52.5 Å². The van der Waals surface area contributed by atoms with Gasteiger partial charge in [-0.15, -0.1) is 0 Å². The van der Waals surface area contributed by atoms with Crippen molar-refractivity contribution in [2.45, 2.75) is 13.5 Å². The number of nitrogens with zero attached hydrogens (tertiary/aromatic N) is 4. The lowest BCUT2D eigenvalue weighted by Gasteiger charge is -2.36. The summed E-state index contributed by atoms with van der Waals surface area (Å²) in [5.41, 5.74) is 0.628. The summed E-state index contributed by atoms with van der Waals surface area (Å²) in [5.74, 6) is -1.01. The van der Waals surface area contributed by atoms with Crippen LogP contribution in [0.2, 0.25) is 0 Å². The van der Waals surface area contributed by atoms with E-state index in [1.54, 1.807) is 4.90 Å². The van der Waals surface area contributed by atoms with Gasteiger partial charge in [0.25, 0.3) is 5.91 Å². The Morgan fingerprint density at radius 2 is 1.50 bits per heavy atom. The van der Waals surface area contributed by atoms with E-state index >= 15 is 0 Å². The smallest absolute Gasteiger partial charge is 0.312 e. The molecule has 0 aliphatic carbocycles. The van der Waals surface area contributed by atoms with E-state index in [1.165, 1.54) is 9.80 Å².